The van der Waals surface area contributed by atoms with E-state index < -0.39 is 0 Å². The molecule has 0 aromatic heterocycles. The quantitative estimate of drug-likeness (QED) is 0.343. The number of thiol groups is 1. The normalized spacial score (nSPS) is 15.8. The Hall–Kier alpha value is -0.390. The number of hydrogen-bond donors (Lipinski definition) is 1. The van der Waals surface area contributed by atoms with Crippen LogP contribution in [0.15, 0.2) is 28.9 Å². The molecule has 0 unspecified atom stereocenters. The van der Waals surface area contributed by atoms with E-state index in [1.165, 1.54) is 0 Å². The van der Waals surface area contributed by atoms with Crippen molar-refractivity contribution in [2.45, 2.75) is 0 Å². The van der Waals surface area contributed by atoms with E-state index in [4.69, 9.17) is 0 Å². The van der Waals surface area contributed by atoms with E-state index in [1.807, 2.05) is 18.2 Å². The lowest BCUT2D eigenvalue weighted by molar-refractivity contribution is 2.06. The van der Waals surface area contributed by atoms with E-state index in [1.54, 1.807) is 0 Å². The third-order valence-corrected chi connectivity index (χ3v) is 0.860. The lowest BCUT2D eigenvalue weighted by atomic mass is 10.6. The Morgan fingerprint density at radius 1 is 1.67 bits per heavy atom. The third kappa shape index (κ3) is 0.563. The Kier molecular flexibility index (Phi) is 0.868. The van der Waals surface area contributed by atoms with Gasteiger partial charge in [0, 0.05) is 4.91 Å². The van der Waals surface area contributed by atoms with Crippen LogP contribution in [-0.4, -0.2) is 0 Å². The summed E-state index contributed by atoms with van der Waals surface area (Å²) in [6.45, 7) is 0. The van der Waals surface area contributed by atoms with E-state index in [9.17, 15) is 0 Å². The summed E-state index contributed by atoms with van der Waals surface area (Å²) in [5.74, 6) is 0. The fourth-order valence-corrected chi connectivity index (χ4v) is 0.481. The van der Waals surface area contributed by atoms with Crippen LogP contribution in [0.1, 0.15) is 0 Å². The molecule has 6 heavy (non-hydrogen) atoms. The predicted molar refractivity (Wildman–Crippen MR) is 29.7 cm³/mol. The summed E-state index contributed by atoms with van der Waals surface area (Å²) in [7, 11) is 0. The molecule has 0 aromatic carbocycles. The van der Waals surface area contributed by atoms with Gasteiger partial charge in [-0.1, -0.05) is 6.08 Å². The van der Waals surface area contributed by atoms with Crippen molar-refractivity contribution in [3.05, 3.63) is 28.9 Å². The fraction of sp³-hybridized carbons (Fsp3) is 0. The standard InChI is InChI=1S/C5H4S/c6-5-3-1-2-4-5/h1-3,6H. The summed E-state index contributed by atoms with van der Waals surface area (Å²) in [5.41, 5.74) is 2.86. The fourth-order valence-electron chi connectivity index (χ4n) is 0.321. The van der Waals surface area contributed by atoms with Crippen LogP contribution in [0.4, 0.5) is 0 Å². The van der Waals surface area contributed by atoms with E-state index in [0.29, 0.717) is 0 Å². The molecule has 0 saturated heterocycles. The monoisotopic (exact) mass is 96.0 g/mol. The van der Waals surface area contributed by atoms with Crippen molar-refractivity contribution in [3.63, 3.8) is 0 Å². The molecular weight excluding hydrogens is 92.1 g/mol. The maximum atomic E-state index is 3.98. The van der Waals surface area contributed by atoms with Gasteiger partial charge in [-0.3, -0.25) is 0 Å². The zero-order valence-electron chi connectivity index (χ0n) is 3.18. The lowest BCUT2D eigenvalue weighted by Crippen LogP contribution is -1.43. The van der Waals surface area contributed by atoms with Gasteiger partial charge < -0.3 is 0 Å². The molecule has 1 rings (SSSR count). The van der Waals surface area contributed by atoms with E-state index in [2.05, 4.69) is 18.4 Å². The van der Waals surface area contributed by atoms with Crippen molar-refractivity contribution in [2.24, 2.45) is 0 Å². The summed E-state index contributed by atoms with van der Waals surface area (Å²) >= 11 is 3.98. The summed E-state index contributed by atoms with van der Waals surface area (Å²) < 4.78 is 0. The SMILES string of the molecule is SC1=C=CC=C1. The van der Waals surface area contributed by atoms with Gasteiger partial charge in [-0.05, 0) is 12.2 Å². The van der Waals surface area contributed by atoms with Gasteiger partial charge in [-0.15, -0.1) is 18.4 Å². The average Bonchev–Trinajstić information content (AvgIpc) is 1.86. The first-order valence-corrected chi connectivity index (χ1v) is 2.16. The highest BCUT2D eigenvalue weighted by Crippen LogP contribution is 2.03. The van der Waals surface area contributed by atoms with Crippen LogP contribution in [0.2, 0.25) is 0 Å². The van der Waals surface area contributed by atoms with Gasteiger partial charge in [-0.2, -0.15) is 0 Å². The molecule has 0 aliphatic heterocycles. The highest BCUT2D eigenvalue weighted by Gasteiger charge is 1.78. The molecule has 0 heterocycles. The van der Waals surface area contributed by atoms with Crippen LogP contribution < -0.4 is 0 Å². The zero-order valence-corrected chi connectivity index (χ0v) is 4.07. The molecule has 0 aromatic rings. The first-order valence-electron chi connectivity index (χ1n) is 1.72. The molecule has 0 radical (unpaired) electrons. The molecule has 0 atom stereocenters. The second-order valence-corrected chi connectivity index (χ2v) is 1.54. The molecule has 1 aliphatic carbocycles. The Bertz CT molecular complexity index is 136. The topological polar surface area (TPSA) is 0 Å². The molecule has 0 amide bonds. The average molecular weight is 96.2 g/mol. The van der Waals surface area contributed by atoms with Gasteiger partial charge in [0.15, 0.2) is 0 Å². The highest BCUT2D eigenvalue weighted by atomic mass is 32.1. The van der Waals surface area contributed by atoms with Crippen LogP contribution >= 0.6 is 12.6 Å². The van der Waals surface area contributed by atoms with Crippen LogP contribution in [0.5, 0.6) is 0 Å². The van der Waals surface area contributed by atoms with Crippen molar-refractivity contribution in [3.8, 4) is 0 Å². The Morgan fingerprint density at radius 3 is 2.67 bits per heavy atom. The molecule has 0 fully saturated rings. The maximum Gasteiger partial charge on any atom is 0.0462 e. The van der Waals surface area contributed by atoms with E-state index in [0.717, 1.165) is 4.91 Å². The van der Waals surface area contributed by atoms with Gasteiger partial charge in [0.1, 0.15) is 0 Å². The van der Waals surface area contributed by atoms with Crippen LogP contribution in [0.3, 0.4) is 0 Å². The minimum atomic E-state index is 0.912. The molecule has 0 N–H and O–H groups in total. The van der Waals surface area contributed by atoms with Crippen molar-refractivity contribution in [1.29, 1.82) is 0 Å². The third-order valence-electron chi connectivity index (χ3n) is 0.582. The minimum Gasteiger partial charge on any atom is -0.135 e. The molecular formula is C5H4S. The minimum absolute atomic E-state index is 0.912. The predicted octanol–water partition coefficient (Wildman–Crippen LogP) is 1.52. The van der Waals surface area contributed by atoms with Crippen molar-refractivity contribution in [2.75, 3.05) is 0 Å². The summed E-state index contributed by atoms with van der Waals surface area (Å²) in [6, 6.07) is 0. The van der Waals surface area contributed by atoms with Crippen LogP contribution in [0.25, 0.3) is 0 Å². The Balaban J connectivity index is 2.98. The molecule has 0 bridgehead atoms. The summed E-state index contributed by atoms with van der Waals surface area (Å²) in [5, 5.41) is 0. The van der Waals surface area contributed by atoms with E-state index >= 15 is 0 Å². The zero-order chi connectivity index (χ0) is 4.41. The molecule has 1 heteroatoms. The van der Waals surface area contributed by atoms with Crippen molar-refractivity contribution in [1.82, 2.24) is 0 Å². The molecule has 1 aliphatic rings. The van der Waals surface area contributed by atoms with Gasteiger partial charge in [0.05, 0.1) is 0 Å². The Morgan fingerprint density at radius 2 is 2.50 bits per heavy atom. The van der Waals surface area contributed by atoms with Gasteiger partial charge >= 0.3 is 0 Å². The largest absolute Gasteiger partial charge is 0.135 e. The first kappa shape index (κ1) is 3.79. The lowest BCUT2D eigenvalue weighted by Gasteiger charge is -1.67. The number of allylic oxidation sites excluding steroid dienone is 2. The second-order valence-electron chi connectivity index (χ2n) is 1.06. The Labute approximate surface area is 42.3 Å². The van der Waals surface area contributed by atoms with Crippen LogP contribution in [0, 0.1) is 0 Å². The maximum absolute atomic E-state index is 3.98. The van der Waals surface area contributed by atoms with Gasteiger partial charge in [0.25, 0.3) is 0 Å². The molecule has 0 spiro atoms. The molecule has 30 valence electrons. The molecule has 0 nitrogen and oxygen atoms in total. The highest BCUT2D eigenvalue weighted by molar-refractivity contribution is 7.84. The van der Waals surface area contributed by atoms with Crippen molar-refractivity contribution < 1.29 is 0 Å². The van der Waals surface area contributed by atoms with E-state index in [-0.39, 0.29) is 0 Å². The second kappa shape index (κ2) is 1.38. The smallest absolute Gasteiger partial charge is 0.0462 e. The van der Waals surface area contributed by atoms with Gasteiger partial charge in [0.2, 0.25) is 0 Å². The number of rotatable bonds is 0. The molecule has 0 saturated carbocycles. The number of hydrogen-bond acceptors (Lipinski definition) is 1. The summed E-state index contributed by atoms with van der Waals surface area (Å²) in [6.07, 6.45) is 5.63. The van der Waals surface area contributed by atoms with Crippen molar-refractivity contribution >= 4 is 12.6 Å². The summed E-state index contributed by atoms with van der Waals surface area (Å²) in [4.78, 5) is 0.912. The van der Waals surface area contributed by atoms with Gasteiger partial charge in [-0.25, -0.2) is 0 Å². The first-order chi connectivity index (χ1) is 2.89. The van der Waals surface area contributed by atoms with Crippen LogP contribution in [-0.2, 0) is 0 Å².